The second-order valence-electron chi connectivity index (χ2n) is 4.75. The van der Waals surface area contributed by atoms with Gasteiger partial charge >= 0.3 is 11.7 Å². The number of hydrogen-bond donors (Lipinski definition) is 1. The number of aromatic nitrogens is 1. The summed E-state index contributed by atoms with van der Waals surface area (Å²) >= 11 is 0. The molecule has 1 aromatic heterocycles. The normalized spacial score (nSPS) is 10.5. The second-order valence-corrected chi connectivity index (χ2v) is 4.75. The molecule has 0 aromatic carbocycles. The number of carbonyl (C=O) groups is 1. The third-order valence-electron chi connectivity index (χ3n) is 2.79. The molecule has 0 aliphatic heterocycles. The number of pyridine rings is 1. The minimum absolute atomic E-state index is 0.0406. The molecule has 116 valence electrons. The van der Waals surface area contributed by atoms with Gasteiger partial charge in [0, 0.05) is 12.6 Å². The number of unbranched alkanes of at least 4 members (excludes halogenated alkanes) is 1. The van der Waals surface area contributed by atoms with Gasteiger partial charge in [0.15, 0.2) is 5.69 Å². The highest BCUT2D eigenvalue weighted by Crippen LogP contribution is 2.22. The molecule has 1 rings (SSSR count). The Morgan fingerprint density at radius 1 is 1.43 bits per heavy atom. The van der Waals surface area contributed by atoms with Crippen LogP contribution in [0.5, 0.6) is 0 Å². The molecule has 21 heavy (non-hydrogen) atoms. The Hall–Kier alpha value is -2.22. The molecule has 0 spiro atoms. The lowest BCUT2D eigenvalue weighted by atomic mass is 10.3. The molecule has 8 heteroatoms. The summed E-state index contributed by atoms with van der Waals surface area (Å²) in [6.45, 7) is 1.49. The number of hydrogen-bond acceptors (Lipinski definition) is 7. The summed E-state index contributed by atoms with van der Waals surface area (Å²) in [6.07, 6.45) is 1.81. The zero-order valence-corrected chi connectivity index (χ0v) is 12.5. The highest BCUT2D eigenvalue weighted by Gasteiger charge is 2.18. The number of nitrogens with zero attached hydrogens (tertiary/aromatic N) is 3. The molecule has 0 saturated carbocycles. The van der Waals surface area contributed by atoms with Gasteiger partial charge in [0.05, 0.1) is 12.0 Å². The molecule has 0 bridgehead atoms. The number of nitro groups is 1. The Morgan fingerprint density at radius 2 is 2.14 bits per heavy atom. The monoisotopic (exact) mass is 296 g/mol. The van der Waals surface area contributed by atoms with Crippen molar-refractivity contribution in [3.63, 3.8) is 0 Å². The maximum atomic E-state index is 11.4. The Kier molecular flexibility index (Phi) is 6.54. The molecule has 1 aromatic rings. The van der Waals surface area contributed by atoms with Gasteiger partial charge in [0.1, 0.15) is 0 Å². The molecular weight excluding hydrogens is 276 g/mol. The molecule has 0 unspecified atom stereocenters. The summed E-state index contributed by atoms with van der Waals surface area (Å²) in [5, 5.41) is 13.9. The molecule has 0 aliphatic carbocycles. The number of rotatable bonds is 8. The van der Waals surface area contributed by atoms with Crippen LogP contribution in [0.4, 0.5) is 11.5 Å². The molecule has 0 saturated heterocycles. The van der Waals surface area contributed by atoms with E-state index in [4.69, 9.17) is 0 Å². The molecular formula is C13H20N4O4. The zero-order chi connectivity index (χ0) is 15.8. The lowest BCUT2D eigenvalue weighted by Crippen LogP contribution is -2.15. The topological polar surface area (TPSA) is 97.6 Å². The van der Waals surface area contributed by atoms with Gasteiger partial charge in [-0.05, 0) is 39.5 Å². The van der Waals surface area contributed by atoms with Crippen molar-refractivity contribution in [3.05, 3.63) is 27.9 Å². The number of ether oxygens (including phenoxy) is 1. The van der Waals surface area contributed by atoms with E-state index in [-0.39, 0.29) is 17.2 Å². The van der Waals surface area contributed by atoms with Crippen LogP contribution in [0.2, 0.25) is 0 Å². The molecule has 1 N–H and O–H groups in total. The molecule has 0 amide bonds. The largest absolute Gasteiger partial charge is 0.464 e. The number of esters is 1. The highest BCUT2D eigenvalue weighted by molar-refractivity contribution is 5.88. The summed E-state index contributed by atoms with van der Waals surface area (Å²) in [5.41, 5.74) is -0.117. The van der Waals surface area contributed by atoms with E-state index in [9.17, 15) is 14.9 Å². The first-order chi connectivity index (χ1) is 9.95. The lowest BCUT2D eigenvalue weighted by molar-refractivity contribution is -0.384. The quantitative estimate of drug-likeness (QED) is 0.336. The van der Waals surface area contributed by atoms with E-state index in [0.29, 0.717) is 6.54 Å². The summed E-state index contributed by atoms with van der Waals surface area (Å²) in [7, 11) is 5.21. The van der Waals surface area contributed by atoms with Crippen LogP contribution >= 0.6 is 0 Å². The Balaban J connectivity index is 2.72. The van der Waals surface area contributed by atoms with Gasteiger partial charge < -0.3 is 15.0 Å². The fourth-order valence-corrected chi connectivity index (χ4v) is 1.71. The number of anilines is 1. The first-order valence-corrected chi connectivity index (χ1v) is 6.58. The van der Waals surface area contributed by atoms with E-state index in [2.05, 4.69) is 19.9 Å². The lowest BCUT2D eigenvalue weighted by Gasteiger charge is -2.10. The second kappa shape index (κ2) is 8.15. The van der Waals surface area contributed by atoms with E-state index in [1.807, 2.05) is 14.1 Å². The summed E-state index contributed by atoms with van der Waals surface area (Å²) in [4.78, 5) is 27.9. The van der Waals surface area contributed by atoms with Gasteiger partial charge in [-0.2, -0.15) is 0 Å². The highest BCUT2D eigenvalue weighted by atomic mass is 16.6. The molecule has 1 heterocycles. The molecule has 0 fully saturated rings. The van der Waals surface area contributed by atoms with Crippen LogP contribution in [0.1, 0.15) is 23.3 Å². The van der Waals surface area contributed by atoms with Crippen molar-refractivity contribution in [1.82, 2.24) is 9.88 Å². The molecule has 0 radical (unpaired) electrons. The van der Waals surface area contributed by atoms with E-state index >= 15 is 0 Å². The van der Waals surface area contributed by atoms with Crippen molar-refractivity contribution in [3.8, 4) is 0 Å². The van der Waals surface area contributed by atoms with Gasteiger partial charge in [-0.1, -0.05) is 0 Å². The van der Waals surface area contributed by atoms with E-state index in [1.165, 1.54) is 19.2 Å². The van der Waals surface area contributed by atoms with Gasteiger partial charge in [-0.25, -0.2) is 9.78 Å². The van der Waals surface area contributed by atoms with Gasteiger partial charge in [-0.3, -0.25) is 10.1 Å². The van der Waals surface area contributed by atoms with Crippen molar-refractivity contribution >= 4 is 17.5 Å². The average molecular weight is 296 g/mol. The number of nitrogens with one attached hydrogen (secondary N) is 1. The minimum Gasteiger partial charge on any atom is -0.464 e. The zero-order valence-electron chi connectivity index (χ0n) is 12.5. The van der Waals surface area contributed by atoms with Crippen LogP contribution in [-0.4, -0.2) is 55.1 Å². The van der Waals surface area contributed by atoms with E-state index < -0.39 is 10.9 Å². The fraction of sp³-hybridized carbons (Fsp3) is 0.538. The number of carbonyl (C=O) groups excluding carboxylic acids is 1. The Labute approximate surface area is 123 Å². The van der Waals surface area contributed by atoms with Crippen molar-refractivity contribution in [2.24, 2.45) is 0 Å². The van der Waals surface area contributed by atoms with Crippen LogP contribution < -0.4 is 5.32 Å². The molecule has 0 aliphatic rings. The summed E-state index contributed by atoms with van der Waals surface area (Å²) in [6, 6.07) is 2.53. The molecule has 0 atom stereocenters. The third-order valence-corrected chi connectivity index (χ3v) is 2.79. The summed E-state index contributed by atoms with van der Waals surface area (Å²) < 4.78 is 4.56. The van der Waals surface area contributed by atoms with Gasteiger partial charge in [-0.15, -0.1) is 0 Å². The summed E-state index contributed by atoms with van der Waals surface area (Å²) in [5.74, 6) is -0.534. The van der Waals surface area contributed by atoms with Crippen molar-refractivity contribution < 1.29 is 14.5 Å². The smallest absolute Gasteiger partial charge is 0.356 e. The Bertz CT molecular complexity index is 505. The molecule has 8 nitrogen and oxygen atoms in total. The standard InChI is InChI=1S/C13H20N4O4/c1-16(2)9-5-4-8-14-12-11(17(19)20)7-6-10(15-12)13(18)21-3/h6-7H,4-5,8-9H2,1-3H3,(H,14,15). The van der Waals surface area contributed by atoms with Crippen LogP contribution in [0.25, 0.3) is 0 Å². The minimum atomic E-state index is -0.624. The van der Waals surface area contributed by atoms with Crippen molar-refractivity contribution in [1.29, 1.82) is 0 Å². The average Bonchev–Trinajstić information content (AvgIpc) is 2.45. The van der Waals surface area contributed by atoms with Crippen LogP contribution in [0.15, 0.2) is 12.1 Å². The van der Waals surface area contributed by atoms with E-state index in [1.54, 1.807) is 0 Å². The maximum absolute atomic E-state index is 11.4. The first-order valence-electron chi connectivity index (χ1n) is 6.58. The van der Waals surface area contributed by atoms with E-state index in [0.717, 1.165) is 19.4 Å². The van der Waals surface area contributed by atoms with Gasteiger partial charge in [0.2, 0.25) is 5.82 Å². The van der Waals surface area contributed by atoms with Crippen LogP contribution in [0, 0.1) is 10.1 Å². The third kappa shape index (κ3) is 5.35. The predicted octanol–water partition coefficient (Wildman–Crippen LogP) is 1.53. The Morgan fingerprint density at radius 3 is 2.71 bits per heavy atom. The number of methoxy groups -OCH3 is 1. The van der Waals surface area contributed by atoms with Gasteiger partial charge in [0.25, 0.3) is 0 Å². The fourth-order valence-electron chi connectivity index (χ4n) is 1.71. The predicted molar refractivity (Wildman–Crippen MR) is 78.5 cm³/mol. The van der Waals surface area contributed by atoms with Crippen LogP contribution in [0.3, 0.4) is 0 Å². The maximum Gasteiger partial charge on any atom is 0.356 e. The van der Waals surface area contributed by atoms with Crippen LogP contribution in [-0.2, 0) is 4.74 Å². The van der Waals surface area contributed by atoms with Crippen molar-refractivity contribution in [2.75, 3.05) is 39.6 Å². The SMILES string of the molecule is COC(=O)c1ccc([N+](=O)[O-])c(NCCCCN(C)C)n1. The van der Waals surface area contributed by atoms with Crippen molar-refractivity contribution in [2.45, 2.75) is 12.8 Å². The first kappa shape index (κ1) is 16.8.